The quantitative estimate of drug-likeness (QED) is 0.502. The summed E-state index contributed by atoms with van der Waals surface area (Å²) in [5, 5.41) is 5.00. The number of ether oxygens (including phenoxy) is 1. The minimum absolute atomic E-state index is 0.0969. The summed E-state index contributed by atoms with van der Waals surface area (Å²) < 4.78 is 5.22. The molecule has 3 amide bonds. The van der Waals surface area contributed by atoms with Crippen molar-refractivity contribution in [3.05, 3.63) is 47.8 Å². The van der Waals surface area contributed by atoms with E-state index < -0.39 is 23.9 Å². The molecule has 1 aliphatic carbocycles. The van der Waals surface area contributed by atoms with Crippen molar-refractivity contribution in [3.63, 3.8) is 0 Å². The maximum atomic E-state index is 12.6. The molecule has 0 radical (unpaired) electrons. The Morgan fingerprint density at radius 2 is 1.82 bits per heavy atom. The molecule has 1 aromatic carbocycles. The fourth-order valence-corrected chi connectivity index (χ4v) is 3.30. The third kappa shape index (κ3) is 6.94. The lowest BCUT2D eigenvalue weighted by Gasteiger charge is -2.26. The minimum atomic E-state index is -0.848. The standard InChI is InChI=1S/C20H28N4O4/c21-12-17(18(22)25)23-19(26)16(11-14-7-3-1-4-8-14)24-20(27)28-13-15-9-5-2-6-10-15/h2,5-6,9-10,12,14,16H,1,3-4,7-8,11,13,21H2,(H2,22,25)(H,23,26)(H,24,27)/b17-12-/t16-/m0/s1. The van der Waals surface area contributed by atoms with Crippen LogP contribution in [-0.4, -0.2) is 23.9 Å². The second-order valence-corrected chi connectivity index (χ2v) is 6.93. The van der Waals surface area contributed by atoms with Gasteiger partial charge in [-0.1, -0.05) is 62.4 Å². The lowest BCUT2D eigenvalue weighted by atomic mass is 9.84. The molecule has 1 atom stereocenters. The van der Waals surface area contributed by atoms with Crippen LogP contribution in [0, 0.1) is 5.92 Å². The van der Waals surface area contributed by atoms with Gasteiger partial charge in [-0.15, -0.1) is 0 Å². The van der Waals surface area contributed by atoms with Crippen molar-refractivity contribution < 1.29 is 19.1 Å². The minimum Gasteiger partial charge on any atom is -0.445 e. The molecule has 6 N–H and O–H groups in total. The Kier molecular flexibility index (Phi) is 8.33. The molecule has 1 aliphatic rings. The fourth-order valence-electron chi connectivity index (χ4n) is 3.30. The maximum Gasteiger partial charge on any atom is 0.408 e. The molecule has 2 rings (SSSR count). The summed E-state index contributed by atoms with van der Waals surface area (Å²) in [6.45, 7) is 0.0969. The maximum absolute atomic E-state index is 12.6. The highest BCUT2D eigenvalue weighted by atomic mass is 16.5. The van der Waals surface area contributed by atoms with Gasteiger partial charge in [0.15, 0.2) is 0 Å². The number of primary amides is 1. The average Bonchev–Trinajstić information content (AvgIpc) is 2.71. The van der Waals surface area contributed by atoms with Gasteiger partial charge in [0.05, 0.1) is 0 Å². The molecular formula is C20H28N4O4. The summed E-state index contributed by atoms with van der Waals surface area (Å²) in [6.07, 6.45) is 6.09. The Bertz CT molecular complexity index is 699. The van der Waals surface area contributed by atoms with E-state index in [0.29, 0.717) is 12.3 Å². The number of nitrogens with two attached hydrogens (primary N) is 2. The molecule has 0 aromatic heterocycles. The number of carbonyl (C=O) groups excluding carboxylic acids is 3. The van der Waals surface area contributed by atoms with Crippen molar-refractivity contribution in [2.24, 2.45) is 17.4 Å². The fraction of sp³-hybridized carbons (Fsp3) is 0.450. The highest BCUT2D eigenvalue weighted by Crippen LogP contribution is 2.27. The van der Waals surface area contributed by atoms with Crippen LogP contribution < -0.4 is 22.1 Å². The van der Waals surface area contributed by atoms with Gasteiger partial charge in [0.1, 0.15) is 18.3 Å². The van der Waals surface area contributed by atoms with Crippen LogP contribution in [0.5, 0.6) is 0 Å². The smallest absolute Gasteiger partial charge is 0.408 e. The molecule has 1 aromatic rings. The van der Waals surface area contributed by atoms with E-state index in [2.05, 4.69) is 10.6 Å². The van der Waals surface area contributed by atoms with Crippen molar-refractivity contribution in [1.29, 1.82) is 0 Å². The van der Waals surface area contributed by atoms with Gasteiger partial charge in [0.2, 0.25) is 5.91 Å². The highest BCUT2D eigenvalue weighted by molar-refractivity contribution is 5.98. The number of hydrogen-bond donors (Lipinski definition) is 4. The summed E-state index contributed by atoms with van der Waals surface area (Å²) >= 11 is 0. The predicted molar refractivity (Wildman–Crippen MR) is 104 cm³/mol. The molecule has 152 valence electrons. The first-order chi connectivity index (χ1) is 13.5. The van der Waals surface area contributed by atoms with Gasteiger partial charge >= 0.3 is 6.09 Å². The SMILES string of the molecule is N/C=C(\NC(=O)[C@H](CC1CCCCC1)NC(=O)OCc1ccccc1)C(N)=O. The monoisotopic (exact) mass is 388 g/mol. The van der Waals surface area contributed by atoms with E-state index >= 15 is 0 Å². The molecule has 1 fully saturated rings. The van der Waals surface area contributed by atoms with E-state index in [1.165, 1.54) is 6.42 Å². The lowest BCUT2D eigenvalue weighted by molar-refractivity contribution is -0.124. The van der Waals surface area contributed by atoms with E-state index in [-0.39, 0.29) is 12.3 Å². The summed E-state index contributed by atoms with van der Waals surface area (Å²) in [5.74, 6) is -1.07. The Balaban J connectivity index is 1.98. The first kappa shape index (κ1) is 21.3. The van der Waals surface area contributed by atoms with Gasteiger partial charge in [-0.3, -0.25) is 9.59 Å². The van der Waals surface area contributed by atoms with E-state index in [1.54, 1.807) is 0 Å². The molecule has 8 nitrogen and oxygen atoms in total. The zero-order valence-corrected chi connectivity index (χ0v) is 15.9. The summed E-state index contributed by atoms with van der Waals surface area (Å²) in [5.41, 5.74) is 11.1. The predicted octanol–water partition coefficient (Wildman–Crippen LogP) is 1.65. The highest BCUT2D eigenvalue weighted by Gasteiger charge is 2.27. The van der Waals surface area contributed by atoms with Gasteiger partial charge in [-0.25, -0.2) is 4.79 Å². The number of rotatable bonds is 8. The number of carbonyl (C=O) groups is 3. The Morgan fingerprint density at radius 1 is 1.14 bits per heavy atom. The lowest BCUT2D eigenvalue weighted by Crippen LogP contribution is -2.49. The normalized spacial score (nSPS) is 16.1. The zero-order valence-electron chi connectivity index (χ0n) is 15.9. The van der Waals surface area contributed by atoms with E-state index in [4.69, 9.17) is 16.2 Å². The van der Waals surface area contributed by atoms with Crippen LogP contribution in [0.3, 0.4) is 0 Å². The third-order valence-electron chi connectivity index (χ3n) is 4.81. The number of amides is 3. The van der Waals surface area contributed by atoms with E-state index in [0.717, 1.165) is 37.4 Å². The second kappa shape index (κ2) is 11.0. The molecule has 0 spiro atoms. The first-order valence-electron chi connectivity index (χ1n) is 9.49. The van der Waals surface area contributed by atoms with Gasteiger partial charge in [-0.05, 0) is 17.9 Å². The van der Waals surface area contributed by atoms with Crippen LogP contribution in [0.25, 0.3) is 0 Å². The Hall–Kier alpha value is -3.03. The summed E-state index contributed by atoms with van der Waals surface area (Å²) in [4.78, 5) is 36.1. The van der Waals surface area contributed by atoms with Crippen LogP contribution in [-0.2, 0) is 20.9 Å². The van der Waals surface area contributed by atoms with Crippen molar-refractivity contribution in [2.45, 2.75) is 51.2 Å². The van der Waals surface area contributed by atoms with E-state index in [1.807, 2.05) is 30.3 Å². The van der Waals surface area contributed by atoms with E-state index in [9.17, 15) is 14.4 Å². The van der Waals surface area contributed by atoms with Crippen LogP contribution in [0.15, 0.2) is 42.2 Å². The molecule has 0 aliphatic heterocycles. The second-order valence-electron chi connectivity index (χ2n) is 6.93. The number of benzene rings is 1. The summed E-state index contributed by atoms with van der Waals surface area (Å²) in [6, 6.07) is 8.40. The first-order valence-corrected chi connectivity index (χ1v) is 9.49. The molecule has 0 unspecified atom stereocenters. The average molecular weight is 388 g/mol. The Labute approximate surface area is 164 Å². The van der Waals surface area contributed by atoms with Gasteiger partial charge in [0, 0.05) is 6.20 Å². The number of alkyl carbamates (subject to hydrolysis) is 1. The summed E-state index contributed by atoms with van der Waals surface area (Å²) in [7, 11) is 0. The van der Waals surface area contributed by atoms with Crippen molar-refractivity contribution in [2.75, 3.05) is 0 Å². The Morgan fingerprint density at radius 3 is 2.43 bits per heavy atom. The topological polar surface area (TPSA) is 137 Å². The molecule has 8 heteroatoms. The molecule has 1 saturated carbocycles. The number of nitrogens with one attached hydrogen (secondary N) is 2. The van der Waals surface area contributed by atoms with Crippen LogP contribution in [0.4, 0.5) is 4.79 Å². The molecule has 0 bridgehead atoms. The van der Waals surface area contributed by atoms with Gasteiger partial charge in [-0.2, -0.15) is 0 Å². The molecular weight excluding hydrogens is 360 g/mol. The van der Waals surface area contributed by atoms with Crippen LogP contribution in [0.2, 0.25) is 0 Å². The van der Waals surface area contributed by atoms with Crippen molar-refractivity contribution in [3.8, 4) is 0 Å². The van der Waals surface area contributed by atoms with Gasteiger partial charge < -0.3 is 26.8 Å². The third-order valence-corrected chi connectivity index (χ3v) is 4.81. The molecule has 0 heterocycles. The van der Waals surface area contributed by atoms with Gasteiger partial charge in [0.25, 0.3) is 5.91 Å². The number of hydrogen-bond acceptors (Lipinski definition) is 5. The van der Waals surface area contributed by atoms with Crippen LogP contribution in [0.1, 0.15) is 44.1 Å². The zero-order chi connectivity index (χ0) is 20.4. The molecule has 0 saturated heterocycles. The largest absolute Gasteiger partial charge is 0.445 e. The molecule has 28 heavy (non-hydrogen) atoms. The van der Waals surface area contributed by atoms with Crippen LogP contribution >= 0.6 is 0 Å². The van der Waals surface area contributed by atoms with Crippen molar-refractivity contribution in [1.82, 2.24) is 10.6 Å². The van der Waals surface area contributed by atoms with Crippen molar-refractivity contribution >= 4 is 17.9 Å².